The summed E-state index contributed by atoms with van der Waals surface area (Å²) in [5.41, 5.74) is -0.274. The number of benzene rings is 2. The minimum Gasteiger partial charge on any atom is -0.451 e. The number of anilines is 1. The molecular weight excluding hydrogens is 429 g/mol. The van der Waals surface area contributed by atoms with E-state index < -0.39 is 18.5 Å². The maximum absolute atomic E-state index is 12.4. The van der Waals surface area contributed by atoms with E-state index in [0.717, 1.165) is 4.68 Å². The van der Waals surface area contributed by atoms with E-state index in [1.54, 1.807) is 24.3 Å². The van der Waals surface area contributed by atoms with Gasteiger partial charge in [0.05, 0.1) is 21.1 Å². The van der Waals surface area contributed by atoms with Crippen LogP contribution in [0.5, 0.6) is 0 Å². The number of fused-ring (bicyclic) bond motifs is 1. The normalized spacial score (nSPS) is 10.7. The average molecular weight is 441 g/mol. The Labute approximate surface area is 173 Å². The third-order valence-electron chi connectivity index (χ3n) is 3.76. The lowest BCUT2D eigenvalue weighted by molar-refractivity contribution is -0.119. The van der Waals surface area contributed by atoms with Crippen molar-refractivity contribution in [3.05, 3.63) is 67.5 Å². The van der Waals surface area contributed by atoms with E-state index >= 15 is 0 Å². The summed E-state index contributed by atoms with van der Waals surface area (Å²) in [5, 5.41) is 7.64. The van der Waals surface area contributed by atoms with E-state index in [2.05, 4.69) is 10.4 Å². The first-order valence-corrected chi connectivity index (χ1v) is 8.99. The van der Waals surface area contributed by atoms with Gasteiger partial charge in [-0.3, -0.25) is 9.59 Å². The number of halogens is 3. The molecule has 0 aliphatic carbocycles. The third kappa shape index (κ3) is 4.11. The second-order valence-corrected chi connectivity index (χ2v) is 6.94. The van der Waals surface area contributed by atoms with Crippen molar-refractivity contribution in [3.63, 3.8) is 0 Å². The van der Waals surface area contributed by atoms with Gasteiger partial charge in [0.15, 0.2) is 12.3 Å². The van der Waals surface area contributed by atoms with Gasteiger partial charge >= 0.3 is 5.97 Å². The van der Waals surface area contributed by atoms with Gasteiger partial charge in [-0.1, -0.05) is 53.0 Å². The van der Waals surface area contributed by atoms with Crippen molar-refractivity contribution in [2.75, 3.05) is 11.9 Å². The fraction of sp³-hybridized carbons (Fsp3) is 0.111. The number of hydrogen-bond donors (Lipinski definition) is 1. The lowest BCUT2D eigenvalue weighted by Crippen LogP contribution is -2.26. The van der Waals surface area contributed by atoms with E-state index in [1.807, 2.05) is 0 Å². The number of amides is 1. The van der Waals surface area contributed by atoms with Crippen LogP contribution in [0.1, 0.15) is 10.5 Å². The molecule has 0 aliphatic rings. The Morgan fingerprint density at radius 3 is 2.36 bits per heavy atom. The number of esters is 1. The van der Waals surface area contributed by atoms with Crippen molar-refractivity contribution in [1.29, 1.82) is 0 Å². The van der Waals surface area contributed by atoms with Crippen LogP contribution in [-0.4, -0.2) is 28.3 Å². The summed E-state index contributed by atoms with van der Waals surface area (Å²) in [4.78, 5) is 36.6. The minimum atomic E-state index is -0.852. The predicted octanol–water partition coefficient (Wildman–Crippen LogP) is 3.69. The van der Waals surface area contributed by atoms with Crippen LogP contribution in [0.3, 0.4) is 0 Å². The van der Waals surface area contributed by atoms with Gasteiger partial charge in [-0.05, 0) is 18.2 Å². The number of nitrogens with one attached hydrogen (secondary N) is 1. The van der Waals surface area contributed by atoms with Crippen molar-refractivity contribution in [2.24, 2.45) is 7.05 Å². The number of nitrogens with zero attached hydrogens (tertiary/aromatic N) is 2. The Bertz CT molecular complexity index is 1140. The lowest BCUT2D eigenvalue weighted by Gasteiger charge is -2.11. The average Bonchev–Trinajstić information content (AvgIpc) is 2.65. The summed E-state index contributed by atoms with van der Waals surface area (Å²) in [6.07, 6.45) is 0. The quantitative estimate of drug-likeness (QED) is 0.625. The minimum absolute atomic E-state index is 0.0759. The summed E-state index contributed by atoms with van der Waals surface area (Å²) in [7, 11) is 1.42. The lowest BCUT2D eigenvalue weighted by atomic mass is 10.1. The first kappa shape index (κ1) is 20.1. The molecule has 2 aromatic carbocycles. The Balaban J connectivity index is 1.76. The number of rotatable bonds is 4. The molecular formula is C18H12Cl3N3O4. The largest absolute Gasteiger partial charge is 0.451 e. The number of ether oxygens (including phenoxy) is 1. The third-order valence-corrected chi connectivity index (χ3v) is 4.57. The Morgan fingerprint density at radius 2 is 1.71 bits per heavy atom. The molecule has 7 nitrogen and oxygen atoms in total. The van der Waals surface area contributed by atoms with Gasteiger partial charge in [0.25, 0.3) is 11.5 Å². The monoisotopic (exact) mass is 439 g/mol. The van der Waals surface area contributed by atoms with Gasteiger partial charge in [-0.2, -0.15) is 5.10 Å². The molecule has 1 heterocycles. The number of carbonyl (C=O) groups is 2. The highest BCUT2D eigenvalue weighted by atomic mass is 35.5. The summed E-state index contributed by atoms with van der Waals surface area (Å²) < 4.78 is 6.06. The number of aromatic nitrogens is 2. The highest BCUT2D eigenvalue weighted by molar-refractivity contribution is 6.42. The SMILES string of the molecule is Cn1nc(C(=O)OCC(=O)Nc2c(Cl)cc(Cl)cc2Cl)c2ccccc2c1=O. The van der Waals surface area contributed by atoms with E-state index in [9.17, 15) is 14.4 Å². The van der Waals surface area contributed by atoms with Crippen LogP contribution in [0.25, 0.3) is 10.8 Å². The van der Waals surface area contributed by atoms with Crippen LogP contribution in [0.4, 0.5) is 5.69 Å². The second-order valence-electron chi connectivity index (χ2n) is 5.69. The molecule has 0 aliphatic heterocycles. The fourth-order valence-electron chi connectivity index (χ4n) is 2.49. The zero-order valence-electron chi connectivity index (χ0n) is 14.3. The van der Waals surface area contributed by atoms with E-state index in [4.69, 9.17) is 39.5 Å². The van der Waals surface area contributed by atoms with Crippen LogP contribution in [-0.2, 0) is 16.6 Å². The van der Waals surface area contributed by atoms with Crippen LogP contribution in [0, 0.1) is 0 Å². The molecule has 3 aromatic rings. The fourth-order valence-corrected chi connectivity index (χ4v) is 3.40. The standard InChI is InChI=1S/C18H12Cl3N3O4/c1-24-17(26)11-5-3-2-4-10(11)15(23-24)18(27)28-8-14(25)22-16-12(20)6-9(19)7-13(16)21/h2-7H,8H2,1H3,(H,22,25). The zero-order chi connectivity index (χ0) is 20.4. The summed E-state index contributed by atoms with van der Waals surface area (Å²) in [6, 6.07) is 9.32. The zero-order valence-corrected chi connectivity index (χ0v) is 16.6. The molecule has 1 aromatic heterocycles. The van der Waals surface area contributed by atoms with Crippen molar-refractivity contribution in [2.45, 2.75) is 0 Å². The summed E-state index contributed by atoms with van der Waals surface area (Å²) in [6.45, 7) is -0.604. The number of hydrogen-bond acceptors (Lipinski definition) is 5. The van der Waals surface area contributed by atoms with E-state index in [0.29, 0.717) is 15.8 Å². The highest BCUT2D eigenvalue weighted by Gasteiger charge is 2.19. The van der Waals surface area contributed by atoms with Crippen molar-refractivity contribution >= 4 is 63.1 Å². The Morgan fingerprint density at radius 1 is 1.11 bits per heavy atom. The molecule has 28 heavy (non-hydrogen) atoms. The summed E-state index contributed by atoms with van der Waals surface area (Å²) >= 11 is 17.8. The molecule has 144 valence electrons. The molecule has 0 bridgehead atoms. The predicted molar refractivity (Wildman–Crippen MR) is 107 cm³/mol. The highest BCUT2D eigenvalue weighted by Crippen LogP contribution is 2.33. The maximum atomic E-state index is 12.4. The number of aryl methyl sites for hydroxylation is 1. The van der Waals surface area contributed by atoms with Crippen LogP contribution in [0.2, 0.25) is 15.1 Å². The molecule has 0 saturated heterocycles. The van der Waals surface area contributed by atoms with E-state index in [-0.39, 0.29) is 27.0 Å². The van der Waals surface area contributed by atoms with Gasteiger partial charge in [0.1, 0.15) is 0 Å². The van der Waals surface area contributed by atoms with Gasteiger partial charge in [0.2, 0.25) is 0 Å². The van der Waals surface area contributed by atoms with Gasteiger partial charge in [-0.25, -0.2) is 9.48 Å². The molecule has 0 spiro atoms. The molecule has 0 unspecified atom stereocenters. The van der Waals surface area contributed by atoms with Gasteiger partial charge in [0, 0.05) is 17.5 Å². The summed E-state index contributed by atoms with van der Waals surface area (Å²) in [5.74, 6) is -1.51. The Kier molecular flexibility index (Phi) is 5.88. The molecule has 1 amide bonds. The first-order valence-electron chi connectivity index (χ1n) is 7.85. The van der Waals surface area contributed by atoms with Gasteiger partial charge in [-0.15, -0.1) is 0 Å². The van der Waals surface area contributed by atoms with Crippen LogP contribution >= 0.6 is 34.8 Å². The van der Waals surface area contributed by atoms with Crippen LogP contribution < -0.4 is 10.9 Å². The molecule has 3 rings (SSSR count). The number of carbonyl (C=O) groups excluding carboxylic acids is 2. The topological polar surface area (TPSA) is 90.3 Å². The molecule has 0 radical (unpaired) electrons. The molecule has 10 heteroatoms. The van der Waals surface area contributed by atoms with Crippen LogP contribution in [0.15, 0.2) is 41.2 Å². The van der Waals surface area contributed by atoms with Crippen molar-refractivity contribution < 1.29 is 14.3 Å². The molecule has 0 saturated carbocycles. The molecule has 0 atom stereocenters. The van der Waals surface area contributed by atoms with Crippen molar-refractivity contribution in [3.8, 4) is 0 Å². The van der Waals surface area contributed by atoms with E-state index in [1.165, 1.54) is 19.2 Å². The first-order chi connectivity index (χ1) is 13.3. The Hall–Kier alpha value is -2.61. The molecule has 1 N–H and O–H groups in total. The second kappa shape index (κ2) is 8.18. The smallest absolute Gasteiger partial charge is 0.359 e. The molecule has 0 fully saturated rings. The maximum Gasteiger partial charge on any atom is 0.359 e. The van der Waals surface area contributed by atoms with Gasteiger partial charge < -0.3 is 10.1 Å². The van der Waals surface area contributed by atoms with Crippen molar-refractivity contribution in [1.82, 2.24) is 9.78 Å².